The Balaban J connectivity index is 2.67. The molecular formula is C11H10N2O4S. The van der Waals surface area contributed by atoms with Gasteiger partial charge in [-0.15, -0.1) is 11.3 Å². The number of carbonyl (C=O) groups excluding carboxylic acids is 2. The lowest BCUT2D eigenvalue weighted by Gasteiger charge is -2.08. The van der Waals surface area contributed by atoms with E-state index in [2.05, 4.69) is 5.32 Å². The molecule has 0 aliphatic heterocycles. The number of thiophene rings is 1. The van der Waals surface area contributed by atoms with Crippen molar-refractivity contribution in [1.29, 1.82) is 0 Å². The number of aldehydes is 1. The van der Waals surface area contributed by atoms with Crippen molar-refractivity contribution in [2.45, 2.75) is 0 Å². The standard InChI is InChI=1S/C11H10N2O4S/c1-13-6-2-5-18-9(6)8(15)7(11(13)17)10(16)12-3-4-14/h2,4-5,15H,3H2,1H3,(H,12,16). The molecule has 2 rings (SSSR count). The molecule has 7 heteroatoms. The average Bonchev–Trinajstić information content (AvgIpc) is 2.83. The van der Waals surface area contributed by atoms with Gasteiger partial charge in [0, 0.05) is 7.05 Å². The first-order valence-corrected chi connectivity index (χ1v) is 5.97. The van der Waals surface area contributed by atoms with Crippen LogP contribution in [0, 0.1) is 0 Å². The minimum absolute atomic E-state index is 0.204. The first-order valence-electron chi connectivity index (χ1n) is 5.09. The third-order valence-corrected chi connectivity index (χ3v) is 3.46. The monoisotopic (exact) mass is 266 g/mol. The van der Waals surface area contributed by atoms with Crippen molar-refractivity contribution < 1.29 is 14.7 Å². The fourth-order valence-electron chi connectivity index (χ4n) is 1.66. The highest BCUT2D eigenvalue weighted by atomic mass is 32.1. The number of rotatable bonds is 3. The quantitative estimate of drug-likeness (QED) is 0.779. The van der Waals surface area contributed by atoms with Gasteiger partial charge in [0.2, 0.25) is 0 Å². The summed E-state index contributed by atoms with van der Waals surface area (Å²) in [6.07, 6.45) is 0.503. The number of aromatic hydroxyl groups is 1. The molecule has 0 aliphatic carbocycles. The lowest BCUT2D eigenvalue weighted by molar-refractivity contribution is -0.107. The third kappa shape index (κ3) is 1.78. The van der Waals surface area contributed by atoms with E-state index in [-0.39, 0.29) is 17.9 Å². The molecular weight excluding hydrogens is 256 g/mol. The van der Waals surface area contributed by atoms with Crippen LogP contribution >= 0.6 is 11.3 Å². The van der Waals surface area contributed by atoms with Crippen LogP contribution in [0.5, 0.6) is 5.75 Å². The van der Waals surface area contributed by atoms with E-state index in [4.69, 9.17) is 0 Å². The van der Waals surface area contributed by atoms with Gasteiger partial charge in [0.25, 0.3) is 11.5 Å². The van der Waals surface area contributed by atoms with Crippen LogP contribution in [0.1, 0.15) is 10.4 Å². The second-order valence-electron chi connectivity index (χ2n) is 3.60. The van der Waals surface area contributed by atoms with Gasteiger partial charge in [-0.1, -0.05) is 0 Å². The van der Waals surface area contributed by atoms with E-state index in [1.54, 1.807) is 11.4 Å². The van der Waals surface area contributed by atoms with Crippen molar-refractivity contribution in [3.8, 4) is 5.75 Å². The molecule has 94 valence electrons. The summed E-state index contributed by atoms with van der Waals surface area (Å²) in [6, 6.07) is 1.69. The Kier molecular flexibility index (Phi) is 3.15. The number of carbonyl (C=O) groups is 2. The summed E-state index contributed by atoms with van der Waals surface area (Å²) in [4.78, 5) is 33.9. The van der Waals surface area contributed by atoms with Gasteiger partial charge in [0.15, 0.2) is 5.75 Å². The molecule has 0 saturated heterocycles. The lowest BCUT2D eigenvalue weighted by atomic mass is 10.2. The molecule has 18 heavy (non-hydrogen) atoms. The van der Waals surface area contributed by atoms with E-state index in [0.717, 1.165) is 0 Å². The van der Waals surface area contributed by atoms with E-state index in [9.17, 15) is 19.5 Å². The molecule has 2 aromatic heterocycles. The summed E-state index contributed by atoms with van der Waals surface area (Å²) in [7, 11) is 1.52. The van der Waals surface area contributed by atoms with Crippen LogP contribution in [0.15, 0.2) is 16.2 Å². The molecule has 0 fully saturated rings. The Morgan fingerprint density at radius 2 is 2.33 bits per heavy atom. The van der Waals surface area contributed by atoms with Crippen LogP contribution in [-0.4, -0.2) is 28.4 Å². The predicted molar refractivity (Wildman–Crippen MR) is 67.1 cm³/mol. The maximum atomic E-state index is 12.0. The molecule has 6 nitrogen and oxygen atoms in total. The predicted octanol–water partition coefficient (Wildman–Crippen LogP) is 0.234. The van der Waals surface area contributed by atoms with Gasteiger partial charge in [-0.25, -0.2) is 0 Å². The molecule has 2 heterocycles. The topological polar surface area (TPSA) is 88.4 Å². The largest absolute Gasteiger partial charge is 0.505 e. The molecule has 2 aromatic rings. The smallest absolute Gasteiger partial charge is 0.267 e. The molecule has 0 aliphatic rings. The number of hydrogen-bond donors (Lipinski definition) is 2. The van der Waals surface area contributed by atoms with E-state index in [1.165, 1.54) is 23.0 Å². The fourth-order valence-corrected chi connectivity index (χ4v) is 2.54. The molecule has 0 radical (unpaired) electrons. The highest BCUT2D eigenvalue weighted by molar-refractivity contribution is 7.17. The van der Waals surface area contributed by atoms with Crippen LogP contribution in [0.2, 0.25) is 0 Å². The molecule has 1 amide bonds. The number of fused-ring (bicyclic) bond motifs is 1. The van der Waals surface area contributed by atoms with Gasteiger partial charge in [0.05, 0.1) is 16.8 Å². The van der Waals surface area contributed by atoms with Crippen molar-refractivity contribution in [3.63, 3.8) is 0 Å². The average molecular weight is 266 g/mol. The minimum atomic E-state index is -0.754. The van der Waals surface area contributed by atoms with Gasteiger partial charge in [-0.3, -0.25) is 9.59 Å². The second-order valence-corrected chi connectivity index (χ2v) is 4.52. The van der Waals surface area contributed by atoms with E-state index in [1.807, 2.05) is 0 Å². The zero-order chi connectivity index (χ0) is 13.3. The van der Waals surface area contributed by atoms with E-state index < -0.39 is 11.5 Å². The summed E-state index contributed by atoms with van der Waals surface area (Å²) in [5, 5.41) is 13.9. The highest BCUT2D eigenvalue weighted by Crippen LogP contribution is 2.30. The van der Waals surface area contributed by atoms with Crippen LogP contribution in [-0.2, 0) is 11.8 Å². The number of amides is 1. The van der Waals surface area contributed by atoms with E-state index in [0.29, 0.717) is 16.5 Å². The molecule has 2 N–H and O–H groups in total. The molecule has 0 atom stereocenters. The zero-order valence-corrected chi connectivity index (χ0v) is 10.3. The number of pyridine rings is 1. The SMILES string of the molecule is Cn1c(=O)c(C(=O)NCC=O)c(O)c2sccc21. The Morgan fingerprint density at radius 1 is 1.61 bits per heavy atom. The molecule has 0 aromatic carbocycles. The van der Waals surface area contributed by atoms with Crippen LogP contribution < -0.4 is 10.9 Å². The summed E-state index contributed by atoms with van der Waals surface area (Å²) >= 11 is 1.23. The van der Waals surface area contributed by atoms with Gasteiger partial charge >= 0.3 is 0 Å². The lowest BCUT2D eigenvalue weighted by Crippen LogP contribution is -2.33. The Morgan fingerprint density at radius 3 is 3.00 bits per heavy atom. The maximum absolute atomic E-state index is 12.0. The number of nitrogens with one attached hydrogen (secondary N) is 1. The summed E-state index contributed by atoms with van der Waals surface area (Å²) < 4.78 is 1.76. The zero-order valence-electron chi connectivity index (χ0n) is 9.47. The van der Waals surface area contributed by atoms with Gasteiger partial charge < -0.3 is 19.8 Å². The van der Waals surface area contributed by atoms with Gasteiger partial charge in [-0.2, -0.15) is 0 Å². The van der Waals surface area contributed by atoms with Crippen LogP contribution in [0.4, 0.5) is 0 Å². The van der Waals surface area contributed by atoms with Crippen molar-refractivity contribution in [2.24, 2.45) is 7.05 Å². The number of nitrogens with zero attached hydrogens (tertiary/aromatic N) is 1. The van der Waals surface area contributed by atoms with Crippen molar-refractivity contribution in [2.75, 3.05) is 6.54 Å². The second kappa shape index (κ2) is 4.61. The van der Waals surface area contributed by atoms with Crippen LogP contribution in [0.3, 0.4) is 0 Å². The molecule has 0 bridgehead atoms. The first kappa shape index (κ1) is 12.3. The van der Waals surface area contributed by atoms with E-state index >= 15 is 0 Å². The number of aryl methyl sites for hydroxylation is 1. The van der Waals surface area contributed by atoms with Crippen molar-refractivity contribution in [3.05, 3.63) is 27.4 Å². The fraction of sp³-hybridized carbons (Fsp3) is 0.182. The van der Waals surface area contributed by atoms with Crippen molar-refractivity contribution in [1.82, 2.24) is 9.88 Å². The summed E-state index contributed by atoms with van der Waals surface area (Å²) in [5.74, 6) is -1.10. The summed E-state index contributed by atoms with van der Waals surface area (Å²) in [5.41, 5.74) is -0.370. The van der Waals surface area contributed by atoms with Crippen LogP contribution in [0.25, 0.3) is 10.2 Å². The first-order chi connectivity index (χ1) is 8.57. The maximum Gasteiger partial charge on any atom is 0.267 e. The van der Waals surface area contributed by atoms with Crippen molar-refractivity contribution >= 4 is 33.7 Å². The highest BCUT2D eigenvalue weighted by Gasteiger charge is 2.21. The number of aromatic nitrogens is 1. The molecule has 0 saturated carbocycles. The molecule has 0 spiro atoms. The third-order valence-electron chi connectivity index (χ3n) is 2.55. The Bertz CT molecular complexity index is 686. The molecule has 0 unspecified atom stereocenters. The van der Waals surface area contributed by atoms with Gasteiger partial charge in [0.1, 0.15) is 11.8 Å². The minimum Gasteiger partial charge on any atom is -0.505 e. The summed E-state index contributed by atoms with van der Waals surface area (Å²) in [6.45, 7) is -0.204. The van der Waals surface area contributed by atoms with Gasteiger partial charge in [-0.05, 0) is 11.4 Å². The Hall–Kier alpha value is -2.15. The Labute approximate surface area is 105 Å². The number of hydrogen-bond acceptors (Lipinski definition) is 5. The normalized spacial score (nSPS) is 10.5.